The molecular formula is C12H23N3. The fourth-order valence-electron chi connectivity index (χ4n) is 1.92. The van der Waals surface area contributed by atoms with Crippen molar-refractivity contribution in [1.29, 1.82) is 0 Å². The molecule has 0 saturated carbocycles. The van der Waals surface area contributed by atoms with E-state index in [1.807, 2.05) is 6.92 Å². The second-order valence-corrected chi connectivity index (χ2v) is 4.53. The van der Waals surface area contributed by atoms with Crippen LogP contribution in [-0.2, 0) is 6.42 Å². The summed E-state index contributed by atoms with van der Waals surface area (Å²) in [6.45, 7) is 10.6. The summed E-state index contributed by atoms with van der Waals surface area (Å²) in [6.07, 6.45) is 2.04. The first-order valence-corrected chi connectivity index (χ1v) is 5.77. The predicted octanol–water partition coefficient (Wildman–Crippen LogP) is 2.36. The van der Waals surface area contributed by atoms with Crippen LogP contribution in [0.5, 0.6) is 0 Å². The van der Waals surface area contributed by atoms with Gasteiger partial charge in [0.2, 0.25) is 0 Å². The van der Waals surface area contributed by atoms with Crippen LogP contribution in [0.25, 0.3) is 0 Å². The van der Waals surface area contributed by atoms with Crippen molar-refractivity contribution >= 4 is 0 Å². The van der Waals surface area contributed by atoms with Gasteiger partial charge in [0, 0.05) is 17.8 Å². The standard InChI is InChI=1S/C12H23N3/c1-6-9(3)15-11(5)12(7-8(2)13)10(4)14-15/h8-9H,6-7,13H2,1-5H3. The molecule has 0 aliphatic rings. The van der Waals surface area contributed by atoms with Gasteiger partial charge in [0.25, 0.3) is 0 Å². The minimum Gasteiger partial charge on any atom is -0.328 e. The van der Waals surface area contributed by atoms with Gasteiger partial charge in [0.1, 0.15) is 0 Å². The number of hydrogen-bond donors (Lipinski definition) is 1. The van der Waals surface area contributed by atoms with E-state index in [2.05, 4.69) is 37.5 Å². The van der Waals surface area contributed by atoms with Gasteiger partial charge in [-0.25, -0.2) is 0 Å². The molecule has 0 amide bonds. The molecule has 15 heavy (non-hydrogen) atoms. The highest BCUT2D eigenvalue weighted by molar-refractivity contribution is 5.25. The van der Waals surface area contributed by atoms with Crippen LogP contribution in [0.1, 0.15) is 50.2 Å². The first-order valence-electron chi connectivity index (χ1n) is 5.77. The molecule has 86 valence electrons. The molecule has 3 nitrogen and oxygen atoms in total. The summed E-state index contributed by atoms with van der Waals surface area (Å²) in [6, 6.07) is 0.683. The van der Waals surface area contributed by atoms with E-state index in [0.717, 1.165) is 18.5 Å². The van der Waals surface area contributed by atoms with E-state index in [0.29, 0.717) is 6.04 Å². The van der Waals surface area contributed by atoms with Gasteiger partial charge in [0.15, 0.2) is 0 Å². The van der Waals surface area contributed by atoms with Gasteiger partial charge in [-0.1, -0.05) is 6.92 Å². The van der Waals surface area contributed by atoms with Gasteiger partial charge < -0.3 is 5.73 Å². The predicted molar refractivity (Wildman–Crippen MR) is 64.1 cm³/mol. The van der Waals surface area contributed by atoms with E-state index < -0.39 is 0 Å². The maximum absolute atomic E-state index is 5.84. The molecule has 0 radical (unpaired) electrons. The molecular weight excluding hydrogens is 186 g/mol. The molecule has 0 saturated heterocycles. The van der Waals surface area contributed by atoms with Crippen molar-refractivity contribution in [1.82, 2.24) is 9.78 Å². The van der Waals surface area contributed by atoms with Gasteiger partial charge in [-0.15, -0.1) is 0 Å². The Hall–Kier alpha value is -0.830. The molecule has 2 unspecified atom stereocenters. The number of hydrogen-bond acceptors (Lipinski definition) is 2. The minimum atomic E-state index is 0.206. The molecule has 0 aliphatic carbocycles. The summed E-state index contributed by atoms with van der Waals surface area (Å²) in [5.41, 5.74) is 9.57. The zero-order valence-corrected chi connectivity index (χ0v) is 10.5. The van der Waals surface area contributed by atoms with Crippen LogP contribution in [0.2, 0.25) is 0 Å². The second kappa shape index (κ2) is 4.79. The van der Waals surface area contributed by atoms with Crippen LogP contribution in [0.15, 0.2) is 0 Å². The Morgan fingerprint density at radius 2 is 1.93 bits per heavy atom. The monoisotopic (exact) mass is 209 g/mol. The van der Waals surface area contributed by atoms with Crippen LogP contribution in [-0.4, -0.2) is 15.8 Å². The molecule has 1 aromatic rings. The van der Waals surface area contributed by atoms with Crippen molar-refractivity contribution in [2.75, 3.05) is 0 Å². The van der Waals surface area contributed by atoms with Crippen molar-refractivity contribution in [3.05, 3.63) is 17.0 Å². The molecule has 3 heteroatoms. The van der Waals surface area contributed by atoms with E-state index in [1.54, 1.807) is 0 Å². The zero-order chi connectivity index (χ0) is 11.6. The van der Waals surface area contributed by atoms with Gasteiger partial charge in [-0.3, -0.25) is 4.68 Å². The lowest BCUT2D eigenvalue weighted by atomic mass is 10.1. The molecule has 2 N–H and O–H groups in total. The van der Waals surface area contributed by atoms with Crippen LogP contribution in [0, 0.1) is 13.8 Å². The number of rotatable bonds is 4. The number of nitrogens with two attached hydrogens (primary N) is 1. The van der Waals surface area contributed by atoms with Gasteiger partial charge in [-0.05, 0) is 46.1 Å². The molecule has 0 bridgehead atoms. The average molecular weight is 209 g/mol. The molecule has 1 rings (SSSR count). The lowest BCUT2D eigenvalue weighted by molar-refractivity contribution is 0.464. The fourth-order valence-corrected chi connectivity index (χ4v) is 1.92. The Morgan fingerprint density at radius 1 is 1.33 bits per heavy atom. The molecule has 1 aromatic heterocycles. The molecule has 0 fully saturated rings. The van der Waals surface area contributed by atoms with Crippen molar-refractivity contribution in [2.45, 2.75) is 59.5 Å². The normalized spacial score (nSPS) is 15.3. The molecule has 2 atom stereocenters. The minimum absolute atomic E-state index is 0.206. The average Bonchev–Trinajstić information content (AvgIpc) is 2.44. The Balaban J connectivity index is 3.03. The maximum Gasteiger partial charge on any atom is 0.0629 e. The summed E-state index contributed by atoms with van der Waals surface area (Å²) >= 11 is 0. The highest BCUT2D eigenvalue weighted by atomic mass is 15.3. The summed E-state index contributed by atoms with van der Waals surface area (Å²) in [7, 11) is 0. The van der Waals surface area contributed by atoms with E-state index in [-0.39, 0.29) is 6.04 Å². The highest BCUT2D eigenvalue weighted by Gasteiger charge is 2.15. The Bertz CT molecular complexity index is 326. The van der Waals surface area contributed by atoms with E-state index in [9.17, 15) is 0 Å². The summed E-state index contributed by atoms with van der Waals surface area (Å²) in [5.74, 6) is 0. The van der Waals surface area contributed by atoms with Crippen LogP contribution < -0.4 is 5.73 Å². The van der Waals surface area contributed by atoms with Crippen LogP contribution >= 0.6 is 0 Å². The molecule has 0 spiro atoms. The van der Waals surface area contributed by atoms with E-state index in [1.165, 1.54) is 11.3 Å². The topological polar surface area (TPSA) is 43.8 Å². The summed E-state index contributed by atoms with van der Waals surface area (Å²) in [4.78, 5) is 0. The van der Waals surface area contributed by atoms with Gasteiger partial charge >= 0.3 is 0 Å². The Morgan fingerprint density at radius 3 is 2.40 bits per heavy atom. The molecule has 0 aromatic carbocycles. The third-order valence-electron chi connectivity index (χ3n) is 3.01. The van der Waals surface area contributed by atoms with E-state index >= 15 is 0 Å². The van der Waals surface area contributed by atoms with Gasteiger partial charge in [0.05, 0.1) is 5.69 Å². The van der Waals surface area contributed by atoms with E-state index in [4.69, 9.17) is 5.73 Å². The lowest BCUT2D eigenvalue weighted by Crippen LogP contribution is -2.18. The van der Waals surface area contributed by atoms with Crippen LogP contribution in [0.4, 0.5) is 0 Å². The highest BCUT2D eigenvalue weighted by Crippen LogP contribution is 2.20. The number of aromatic nitrogens is 2. The first-order chi connectivity index (χ1) is 6.97. The number of aryl methyl sites for hydroxylation is 1. The summed E-state index contributed by atoms with van der Waals surface area (Å²) < 4.78 is 2.13. The quantitative estimate of drug-likeness (QED) is 0.827. The Kier molecular flexibility index (Phi) is 3.91. The fraction of sp³-hybridized carbons (Fsp3) is 0.750. The maximum atomic E-state index is 5.84. The van der Waals surface area contributed by atoms with Crippen LogP contribution in [0.3, 0.4) is 0 Å². The van der Waals surface area contributed by atoms with Crippen molar-refractivity contribution in [3.8, 4) is 0 Å². The van der Waals surface area contributed by atoms with Gasteiger partial charge in [-0.2, -0.15) is 5.10 Å². The third kappa shape index (κ3) is 2.59. The first kappa shape index (κ1) is 12.2. The van der Waals surface area contributed by atoms with Crippen molar-refractivity contribution in [3.63, 3.8) is 0 Å². The zero-order valence-electron chi connectivity index (χ0n) is 10.5. The molecule has 0 aliphatic heterocycles. The third-order valence-corrected chi connectivity index (χ3v) is 3.01. The van der Waals surface area contributed by atoms with Crippen molar-refractivity contribution in [2.24, 2.45) is 5.73 Å². The lowest BCUT2D eigenvalue weighted by Gasteiger charge is -2.12. The number of nitrogens with zero attached hydrogens (tertiary/aromatic N) is 2. The SMILES string of the molecule is CCC(C)n1nc(C)c(CC(C)N)c1C. The largest absolute Gasteiger partial charge is 0.328 e. The smallest absolute Gasteiger partial charge is 0.0629 e. The van der Waals surface area contributed by atoms with Crippen molar-refractivity contribution < 1.29 is 0 Å². The molecule has 1 heterocycles. The summed E-state index contributed by atoms with van der Waals surface area (Å²) in [5, 5.41) is 4.60. The Labute approximate surface area is 92.7 Å². The second-order valence-electron chi connectivity index (χ2n) is 4.53.